The Bertz CT molecular complexity index is 639. The third-order valence-electron chi connectivity index (χ3n) is 2.42. The van der Waals surface area contributed by atoms with Gasteiger partial charge in [0.2, 0.25) is 0 Å². The van der Waals surface area contributed by atoms with E-state index in [2.05, 4.69) is 4.98 Å². The first-order chi connectivity index (χ1) is 7.75. The van der Waals surface area contributed by atoms with E-state index in [1.807, 2.05) is 16.0 Å². The van der Waals surface area contributed by atoms with Crippen molar-refractivity contribution in [2.24, 2.45) is 0 Å². The summed E-state index contributed by atoms with van der Waals surface area (Å²) in [6.45, 7) is 0. The number of hydrogen-bond acceptors (Lipinski definition) is 3. The molecule has 0 radical (unpaired) electrons. The highest BCUT2D eigenvalue weighted by molar-refractivity contribution is 7.15. The molecule has 16 heavy (non-hydrogen) atoms. The van der Waals surface area contributed by atoms with Gasteiger partial charge in [0.1, 0.15) is 17.3 Å². The van der Waals surface area contributed by atoms with Crippen LogP contribution in [-0.4, -0.2) is 9.38 Å². The van der Waals surface area contributed by atoms with Crippen LogP contribution in [0.4, 0.5) is 10.2 Å². The summed E-state index contributed by atoms with van der Waals surface area (Å²) in [4.78, 5) is 5.25. The molecule has 3 aromatic rings. The third kappa shape index (κ3) is 1.29. The molecule has 0 unspecified atom stereocenters. The summed E-state index contributed by atoms with van der Waals surface area (Å²) in [7, 11) is 0. The first kappa shape index (κ1) is 9.35. The number of nitrogens with zero attached hydrogens (tertiary/aromatic N) is 2. The summed E-state index contributed by atoms with van der Waals surface area (Å²) in [5.41, 5.74) is 7.50. The highest BCUT2D eigenvalue weighted by atomic mass is 32.1. The monoisotopic (exact) mass is 233 g/mol. The minimum absolute atomic E-state index is 0.261. The van der Waals surface area contributed by atoms with E-state index in [1.165, 1.54) is 23.5 Å². The lowest BCUT2D eigenvalue weighted by Gasteiger charge is -1.98. The van der Waals surface area contributed by atoms with Crippen molar-refractivity contribution >= 4 is 22.1 Å². The van der Waals surface area contributed by atoms with Crippen molar-refractivity contribution in [3.8, 4) is 11.3 Å². The number of nitrogen functional groups attached to an aromatic ring is 1. The third-order valence-corrected chi connectivity index (χ3v) is 3.17. The summed E-state index contributed by atoms with van der Waals surface area (Å²) in [5, 5.41) is 1.92. The number of rotatable bonds is 1. The molecule has 0 atom stereocenters. The molecule has 0 fully saturated rings. The van der Waals surface area contributed by atoms with Gasteiger partial charge in [0.05, 0.1) is 0 Å². The van der Waals surface area contributed by atoms with Crippen LogP contribution in [0.2, 0.25) is 0 Å². The lowest BCUT2D eigenvalue weighted by molar-refractivity contribution is 0.628. The minimum atomic E-state index is -0.261. The highest BCUT2D eigenvalue weighted by Crippen LogP contribution is 2.28. The zero-order valence-electron chi connectivity index (χ0n) is 8.22. The second-order valence-electron chi connectivity index (χ2n) is 3.41. The first-order valence-electron chi connectivity index (χ1n) is 4.72. The number of imidazole rings is 1. The molecule has 2 aromatic heterocycles. The van der Waals surface area contributed by atoms with Gasteiger partial charge in [-0.05, 0) is 24.3 Å². The maximum atomic E-state index is 12.8. The molecule has 1 aromatic carbocycles. The van der Waals surface area contributed by atoms with Crippen molar-refractivity contribution in [1.29, 1.82) is 0 Å². The van der Waals surface area contributed by atoms with Crippen LogP contribution in [0.3, 0.4) is 0 Å². The lowest BCUT2D eigenvalue weighted by atomic mass is 10.1. The SMILES string of the molecule is Nc1c(-c2ccc(F)cc2)nc2sccn12. The van der Waals surface area contributed by atoms with Gasteiger partial charge in [-0.15, -0.1) is 11.3 Å². The molecule has 0 aliphatic rings. The maximum absolute atomic E-state index is 12.8. The topological polar surface area (TPSA) is 43.3 Å². The number of aromatic nitrogens is 2. The molecule has 0 bridgehead atoms. The van der Waals surface area contributed by atoms with Crippen LogP contribution in [0.25, 0.3) is 16.2 Å². The van der Waals surface area contributed by atoms with Crippen molar-refractivity contribution in [1.82, 2.24) is 9.38 Å². The van der Waals surface area contributed by atoms with Crippen LogP contribution < -0.4 is 5.73 Å². The molecule has 0 saturated heterocycles. The van der Waals surface area contributed by atoms with Gasteiger partial charge in [-0.2, -0.15) is 0 Å². The maximum Gasteiger partial charge on any atom is 0.195 e. The van der Waals surface area contributed by atoms with Gasteiger partial charge in [0, 0.05) is 17.1 Å². The lowest BCUT2D eigenvalue weighted by Crippen LogP contribution is -1.92. The van der Waals surface area contributed by atoms with E-state index in [1.54, 1.807) is 12.1 Å². The van der Waals surface area contributed by atoms with Crippen LogP contribution in [0.15, 0.2) is 35.8 Å². The molecule has 5 heteroatoms. The van der Waals surface area contributed by atoms with E-state index >= 15 is 0 Å². The van der Waals surface area contributed by atoms with E-state index < -0.39 is 0 Å². The Morgan fingerprint density at radius 3 is 2.69 bits per heavy atom. The van der Waals surface area contributed by atoms with E-state index in [4.69, 9.17) is 5.73 Å². The predicted octanol–water partition coefficient (Wildman–Crippen LogP) is 2.78. The van der Waals surface area contributed by atoms with Crippen LogP contribution in [0, 0.1) is 5.82 Å². The molecule has 0 aliphatic heterocycles. The summed E-state index contributed by atoms with van der Waals surface area (Å²) in [6.07, 6.45) is 1.87. The summed E-state index contributed by atoms with van der Waals surface area (Å²) < 4.78 is 14.6. The molecular formula is C11H8FN3S. The average molecular weight is 233 g/mol. The van der Waals surface area contributed by atoms with Crippen LogP contribution in [0.5, 0.6) is 0 Å². The van der Waals surface area contributed by atoms with Gasteiger partial charge in [0.25, 0.3) is 0 Å². The van der Waals surface area contributed by atoms with Gasteiger partial charge in [-0.1, -0.05) is 0 Å². The average Bonchev–Trinajstić information content (AvgIpc) is 2.84. The molecule has 0 saturated carbocycles. The fourth-order valence-electron chi connectivity index (χ4n) is 1.62. The number of hydrogen-bond donors (Lipinski definition) is 1. The van der Waals surface area contributed by atoms with Crippen molar-refractivity contribution in [2.75, 3.05) is 5.73 Å². The van der Waals surface area contributed by atoms with Gasteiger partial charge >= 0.3 is 0 Å². The van der Waals surface area contributed by atoms with Crippen molar-refractivity contribution < 1.29 is 4.39 Å². The van der Waals surface area contributed by atoms with E-state index in [-0.39, 0.29) is 5.82 Å². The Labute approximate surface area is 95.0 Å². The fraction of sp³-hybridized carbons (Fsp3) is 0. The Balaban J connectivity index is 2.21. The number of halogens is 1. The number of thiazole rings is 1. The molecule has 2 N–H and O–H groups in total. The Kier molecular flexibility index (Phi) is 1.94. The molecule has 3 rings (SSSR count). The van der Waals surface area contributed by atoms with Gasteiger partial charge in [0.15, 0.2) is 4.96 Å². The Morgan fingerprint density at radius 1 is 1.25 bits per heavy atom. The molecule has 2 heterocycles. The van der Waals surface area contributed by atoms with Gasteiger partial charge in [-0.25, -0.2) is 9.37 Å². The zero-order chi connectivity index (χ0) is 11.1. The molecule has 80 valence electrons. The van der Waals surface area contributed by atoms with Crippen LogP contribution in [-0.2, 0) is 0 Å². The largest absolute Gasteiger partial charge is 0.383 e. The van der Waals surface area contributed by atoms with Crippen molar-refractivity contribution in [2.45, 2.75) is 0 Å². The predicted molar refractivity (Wildman–Crippen MR) is 62.9 cm³/mol. The second kappa shape index (κ2) is 3.31. The zero-order valence-corrected chi connectivity index (χ0v) is 9.04. The Morgan fingerprint density at radius 2 is 2.00 bits per heavy atom. The number of anilines is 1. The molecule has 3 nitrogen and oxygen atoms in total. The molecule has 0 spiro atoms. The number of benzene rings is 1. The highest BCUT2D eigenvalue weighted by Gasteiger charge is 2.11. The Hall–Kier alpha value is -1.88. The standard InChI is InChI=1S/C11H8FN3S/c12-8-3-1-7(2-4-8)9-10(13)15-5-6-16-11(15)14-9/h1-6H,13H2. The van der Waals surface area contributed by atoms with Crippen LogP contribution in [0.1, 0.15) is 0 Å². The normalized spacial score (nSPS) is 11.1. The fourth-order valence-corrected chi connectivity index (χ4v) is 2.34. The summed E-state index contributed by atoms with van der Waals surface area (Å²) >= 11 is 1.52. The van der Waals surface area contributed by atoms with Gasteiger partial charge in [-0.3, -0.25) is 4.40 Å². The van der Waals surface area contributed by atoms with E-state index in [0.717, 1.165) is 10.5 Å². The summed E-state index contributed by atoms with van der Waals surface area (Å²) in [5.74, 6) is 0.325. The van der Waals surface area contributed by atoms with Crippen molar-refractivity contribution in [3.63, 3.8) is 0 Å². The quantitative estimate of drug-likeness (QED) is 0.702. The first-order valence-corrected chi connectivity index (χ1v) is 5.60. The number of fused-ring (bicyclic) bond motifs is 1. The molecular weight excluding hydrogens is 225 g/mol. The van der Waals surface area contributed by atoms with E-state index in [9.17, 15) is 4.39 Å². The van der Waals surface area contributed by atoms with Gasteiger partial charge < -0.3 is 5.73 Å². The summed E-state index contributed by atoms with van der Waals surface area (Å²) in [6, 6.07) is 6.17. The number of nitrogens with two attached hydrogens (primary N) is 1. The van der Waals surface area contributed by atoms with Crippen molar-refractivity contribution in [3.05, 3.63) is 41.7 Å². The molecule has 0 aliphatic carbocycles. The smallest absolute Gasteiger partial charge is 0.195 e. The minimum Gasteiger partial charge on any atom is -0.383 e. The van der Waals surface area contributed by atoms with Crippen LogP contribution >= 0.6 is 11.3 Å². The van der Waals surface area contributed by atoms with E-state index in [0.29, 0.717) is 11.5 Å². The second-order valence-corrected chi connectivity index (χ2v) is 4.28. The molecule has 0 amide bonds.